The van der Waals surface area contributed by atoms with E-state index in [1.54, 1.807) is 7.05 Å². The second-order valence-corrected chi connectivity index (χ2v) is 7.36. The first-order valence-corrected chi connectivity index (χ1v) is 10.3. The van der Waals surface area contributed by atoms with Crippen LogP contribution in [0.1, 0.15) is 24.0 Å². The van der Waals surface area contributed by atoms with Crippen LogP contribution in [-0.4, -0.2) is 38.7 Å². The Labute approximate surface area is 177 Å². The van der Waals surface area contributed by atoms with Gasteiger partial charge in [0.2, 0.25) is 0 Å². The van der Waals surface area contributed by atoms with Crippen LogP contribution in [0.4, 0.5) is 0 Å². The van der Waals surface area contributed by atoms with Crippen molar-refractivity contribution in [3.8, 4) is 11.5 Å². The second kappa shape index (κ2) is 11.1. The summed E-state index contributed by atoms with van der Waals surface area (Å²) in [6.45, 7) is 2.07. The van der Waals surface area contributed by atoms with Crippen LogP contribution < -0.4 is 25.8 Å². The molecule has 3 rings (SSSR count). The fourth-order valence-corrected chi connectivity index (χ4v) is 2.91. The van der Waals surface area contributed by atoms with E-state index in [0.29, 0.717) is 12.3 Å². The summed E-state index contributed by atoms with van der Waals surface area (Å²) in [4.78, 5) is 15.1. The van der Waals surface area contributed by atoms with E-state index in [2.05, 4.69) is 21.7 Å². The number of para-hydroxylation sites is 1. The maximum Gasteiger partial charge on any atom is 0.255 e. The van der Waals surface area contributed by atoms with Gasteiger partial charge in [0.15, 0.2) is 12.6 Å². The number of guanidine groups is 1. The van der Waals surface area contributed by atoms with E-state index in [1.165, 1.54) is 12.8 Å². The predicted octanol–water partition coefficient (Wildman–Crippen LogP) is 2.25. The number of primary amides is 1. The molecule has 0 saturated heterocycles. The van der Waals surface area contributed by atoms with E-state index in [9.17, 15) is 4.79 Å². The number of aliphatic imine (C=N–C) groups is 1. The Morgan fingerprint density at radius 3 is 2.57 bits per heavy atom. The molecule has 7 heteroatoms. The molecule has 0 unspecified atom stereocenters. The van der Waals surface area contributed by atoms with E-state index < -0.39 is 5.91 Å². The molecule has 4 N–H and O–H groups in total. The Morgan fingerprint density at radius 2 is 1.87 bits per heavy atom. The number of nitrogens with two attached hydrogens (primary N) is 1. The first kappa shape index (κ1) is 21.5. The highest BCUT2D eigenvalue weighted by Crippen LogP contribution is 2.30. The summed E-state index contributed by atoms with van der Waals surface area (Å²) >= 11 is 0. The van der Waals surface area contributed by atoms with Gasteiger partial charge >= 0.3 is 0 Å². The average Bonchev–Trinajstić information content (AvgIpc) is 3.59. The zero-order valence-corrected chi connectivity index (χ0v) is 17.4. The minimum atomic E-state index is -0.487. The van der Waals surface area contributed by atoms with Gasteiger partial charge in [-0.1, -0.05) is 30.3 Å². The molecule has 7 nitrogen and oxygen atoms in total. The topological polar surface area (TPSA) is 98.0 Å². The number of benzene rings is 2. The van der Waals surface area contributed by atoms with Gasteiger partial charge < -0.3 is 25.8 Å². The van der Waals surface area contributed by atoms with Crippen molar-refractivity contribution in [2.45, 2.75) is 25.8 Å². The van der Waals surface area contributed by atoms with Crippen molar-refractivity contribution in [3.05, 3.63) is 59.7 Å². The molecule has 2 aromatic rings. The number of rotatable bonds is 11. The molecule has 1 aliphatic rings. The van der Waals surface area contributed by atoms with E-state index in [4.69, 9.17) is 15.2 Å². The number of carbonyl (C=O) groups excluding carboxylic acids is 1. The van der Waals surface area contributed by atoms with Gasteiger partial charge in [-0.25, -0.2) is 0 Å². The Bertz CT molecular complexity index is 848. The molecule has 0 spiro atoms. The molecule has 1 fully saturated rings. The molecular formula is C23H30N4O3. The second-order valence-electron chi connectivity index (χ2n) is 7.36. The number of ether oxygens (including phenoxy) is 2. The molecule has 1 amide bonds. The Morgan fingerprint density at radius 1 is 1.10 bits per heavy atom. The van der Waals surface area contributed by atoms with Crippen molar-refractivity contribution in [1.29, 1.82) is 0 Å². The minimum absolute atomic E-state index is 0.113. The maximum absolute atomic E-state index is 10.8. The molecule has 30 heavy (non-hydrogen) atoms. The lowest BCUT2D eigenvalue weighted by Crippen LogP contribution is -2.37. The van der Waals surface area contributed by atoms with Gasteiger partial charge in [-0.05, 0) is 48.9 Å². The van der Waals surface area contributed by atoms with Crippen molar-refractivity contribution >= 4 is 11.9 Å². The normalized spacial score (nSPS) is 13.6. The highest BCUT2D eigenvalue weighted by molar-refractivity contribution is 5.79. The van der Waals surface area contributed by atoms with Crippen molar-refractivity contribution in [1.82, 2.24) is 10.6 Å². The molecule has 0 aromatic heterocycles. The van der Waals surface area contributed by atoms with Crippen LogP contribution in [0.5, 0.6) is 11.5 Å². The van der Waals surface area contributed by atoms with Gasteiger partial charge in [-0.15, -0.1) is 0 Å². The first-order chi connectivity index (χ1) is 14.6. The zero-order valence-electron chi connectivity index (χ0n) is 17.4. The number of carbonyl (C=O) groups is 1. The van der Waals surface area contributed by atoms with Crippen LogP contribution in [0.25, 0.3) is 0 Å². The number of nitrogens with one attached hydrogen (secondary N) is 2. The smallest absolute Gasteiger partial charge is 0.255 e. The molecule has 0 aliphatic heterocycles. The number of amides is 1. The predicted molar refractivity (Wildman–Crippen MR) is 118 cm³/mol. The van der Waals surface area contributed by atoms with E-state index in [0.717, 1.165) is 48.3 Å². The lowest BCUT2D eigenvalue weighted by Gasteiger charge is -2.15. The summed E-state index contributed by atoms with van der Waals surface area (Å²) in [7, 11) is 1.76. The van der Waals surface area contributed by atoms with Crippen LogP contribution in [0.2, 0.25) is 0 Å². The molecule has 1 saturated carbocycles. The van der Waals surface area contributed by atoms with Crippen LogP contribution in [-0.2, 0) is 17.8 Å². The van der Waals surface area contributed by atoms with Crippen LogP contribution in [0.3, 0.4) is 0 Å². The average molecular weight is 411 g/mol. The third-order valence-corrected chi connectivity index (χ3v) is 4.82. The van der Waals surface area contributed by atoms with Gasteiger partial charge in [-0.2, -0.15) is 0 Å². The molecule has 0 heterocycles. The third kappa shape index (κ3) is 7.31. The first-order valence-electron chi connectivity index (χ1n) is 10.3. The number of nitrogens with zero attached hydrogens (tertiary/aromatic N) is 1. The lowest BCUT2D eigenvalue weighted by molar-refractivity contribution is -0.119. The Balaban J connectivity index is 1.41. The van der Waals surface area contributed by atoms with Crippen LogP contribution >= 0.6 is 0 Å². The van der Waals surface area contributed by atoms with Gasteiger partial charge in [0, 0.05) is 25.7 Å². The quantitative estimate of drug-likeness (QED) is 0.390. The monoisotopic (exact) mass is 410 g/mol. The SMILES string of the molecule is CN=C(NCCc1ccc(OCC(N)=O)cc1)NCc1ccccc1OCC1CC1. The standard InChI is InChI=1S/C23H30N4O3/c1-25-23(26-13-12-17-8-10-20(11-9-17)29-16-22(24)28)27-14-19-4-2-3-5-21(19)30-15-18-6-7-18/h2-5,8-11,18H,6-7,12-16H2,1H3,(H2,24,28)(H2,25,26,27). The van der Waals surface area contributed by atoms with Gasteiger partial charge in [0.25, 0.3) is 5.91 Å². The minimum Gasteiger partial charge on any atom is -0.493 e. The number of hydrogen-bond acceptors (Lipinski definition) is 4. The molecule has 0 atom stereocenters. The lowest BCUT2D eigenvalue weighted by atomic mass is 10.1. The highest BCUT2D eigenvalue weighted by Gasteiger charge is 2.22. The molecule has 2 aromatic carbocycles. The van der Waals surface area contributed by atoms with E-state index >= 15 is 0 Å². The van der Waals surface area contributed by atoms with Gasteiger partial charge in [0.1, 0.15) is 11.5 Å². The fourth-order valence-electron chi connectivity index (χ4n) is 2.91. The Kier molecular flexibility index (Phi) is 7.94. The zero-order chi connectivity index (χ0) is 21.2. The van der Waals surface area contributed by atoms with Crippen molar-refractivity contribution in [3.63, 3.8) is 0 Å². The van der Waals surface area contributed by atoms with Crippen LogP contribution in [0, 0.1) is 5.92 Å². The summed E-state index contributed by atoms with van der Waals surface area (Å²) in [5.41, 5.74) is 7.35. The Hall–Kier alpha value is -3.22. The molecule has 1 aliphatic carbocycles. The molecule has 0 radical (unpaired) electrons. The van der Waals surface area contributed by atoms with E-state index in [1.807, 2.05) is 42.5 Å². The summed E-state index contributed by atoms with van der Waals surface area (Å²) < 4.78 is 11.2. The van der Waals surface area contributed by atoms with E-state index in [-0.39, 0.29) is 6.61 Å². The van der Waals surface area contributed by atoms with Crippen molar-refractivity contribution in [2.24, 2.45) is 16.6 Å². The van der Waals surface area contributed by atoms with Crippen molar-refractivity contribution < 1.29 is 14.3 Å². The highest BCUT2D eigenvalue weighted by atomic mass is 16.5. The maximum atomic E-state index is 10.8. The molecule has 160 valence electrons. The largest absolute Gasteiger partial charge is 0.493 e. The van der Waals surface area contributed by atoms with Gasteiger partial charge in [-0.3, -0.25) is 9.79 Å². The van der Waals surface area contributed by atoms with Gasteiger partial charge in [0.05, 0.1) is 6.61 Å². The number of hydrogen-bond donors (Lipinski definition) is 3. The fraction of sp³-hybridized carbons (Fsp3) is 0.391. The molecule has 0 bridgehead atoms. The third-order valence-electron chi connectivity index (χ3n) is 4.82. The summed E-state index contributed by atoms with van der Waals surface area (Å²) in [5.74, 6) is 2.55. The van der Waals surface area contributed by atoms with Crippen molar-refractivity contribution in [2.75, 3.05) is 26.8 Å². The van der Waals surface area contributed by atoms with Crippen LogP contribution in [0.15, 0.2) is 53.5 Å². The molecular weight excluding hydrogens is 380 g/mol. The summed E-state index contributed by atoms with van der Waals surface area (Å²) in [5, 5.41) is 6.68. The summed E-state index contributed by atoms with van der Waals surface area (Å²) in [6.07, 6.45) is 3.39. The summed E-state index contributed by atoms with van der Waals surface area (Å²) in [6, 6.07) is 15.7.